The van der Waals surface area contributed by atoms with Gasteiger partial charge in [0, 0.05) is 17.1 Å². The van der Waals surface area contributed by atoms with Gasteiger partial charge in [-0.15, -0.1) is 0 Å². The van der Waals surface area contributed by atoms with Gasteiger partial charge in [-0.05, 0) is 88.1 Å². The topological polar surface area (TPSA) is 37.6 Å². The molecule has 0 N–H and O–H groups in total. The monoisotopic (exact) mass is 493 g/mol. The van der Waals surface area contributed by atoms with Crippen molar-refractivity contribution in [1.29, 1.82) is 0 Å². The van der Waals surface area contributed by atoms with Crippen LogP contribution in [0.15, 0.2) is 52.4 Å². The fraction of sp³-hybridized carbons (Fsp3) is 0.240. The van der Waals surface area contributed by atoms with Crippen molar-refractivity contribution >= 4 is 46.0 Å². The molecule has 0 bridgehead atoms. The third-order valence-electron chi connectivity index (χ3n) is 4.85. The molecule has 0 unspecified atom stereocenters. The summed E-state index contributed by atoms with van der Waals surface area (Å²) in [5, 5.41) is 1.29. The first-order chi connectivity index (χ1) is 14.2. The van der Waals surface area contributed by atoms with Crippen molar-refractivity contribution in [3.05, 3.63) is 86.2 Å². The Hall–Kier alpha value is -1.97. The van der Waals surface area contributed by atoms with Gasteiger partial charge in [0.05, 0.1) is 44.2 Å². The maximum Gasteiger partial charge on any atom is 0.0849 e. The summed E-state index contributed by atoms with van der Waals surface area (Å²) in [5.74, 6) is 0. The van der Waals surface area contributed by atoms with E-state index in [2.05, 4.69) is 12.1 Å². The zero-order valence-corrected chi connectivity index (χ0v) is 21.1. The van der Waals surface area contributed by atoms with Crippen LogP contribution in [-0.2, 0) is 17.1 Å². The second kappa shape index (κ2) is 10.6. The second-order valence-corrected chi connectivity index (χ2v) is 8.44. The Morgan fingerprint density at radius 2 is 1.10 bits per heavy atom. The normalized spacial score (nSPS) is 12.0. The quantitative estimate of drug-likeness (QED) is 0.268. The van der Waals surface area contributed by atoms with Crippen LogP contribution in [0.1, 0.15) is 47.5 Å². The first-order valence-electron chi connectivity index (χ1n) is 9.77. The van der Waals surface area contributed by atoms with Crippen LogP contribution in [0.3, 0.4) is 0 Å². The Morgan fingerprint density at radius 1 is 0.710 bits per heavy atom. The zero-order valence-electron chi connectivity index (χ0n) is 18.5. The second-order valence-electron chi connectivity index (χ2n) is 7.63. The SMILES string of the molecule is CC(=Nc1c(C)cc(C)cc1Cl)c1cccc(C(C)=Nc2c(C)cc(C)cc2Cl)n1.[Fe]. The minimum absolute atomic E-state index is 0. The Bertz CT molecular complexity index is 1050. The number of hydrogen-bond donors (Lipinski definition) is 0. The number of hydrogen-bond acceptors (Lipinski definition) is 3. The molecule has 3 aromatic rings. The maximum absolute atomic E-state index is 6.42. The van der Waals surface area contributed by atoms with Crippen LogP contribution in [0, 0.1) is 27.7 Å². The van der Waals surface area contributed by atoms with Gasteiger partial charge in [0.1, 0.15) is 0 Å². The van der Waals surface area contributed by atoms with E-state index in [0.29, 0.717) is 10.0 Å². The van der Waals surface area contributed by atoms with Gasteiger partial charge in [-0.3, -0.25) is 0 Å². The number of pyridine rings is 1. The third kappa shape index (κ3) is 6.05. The summed E-state index contributed by atoms with van der Waals surface area (Å²) >= 11 is 12.8. The molecule has 0 aliphatic carbocycles. The van der Waals surface area contributed by atoms with Crippen LogP contribution in [-0.4, -0.2) is 16.4 Å². The fourth-order valence-electron chi connectivity index (χ4n) is 3.39. The van der Waals surface area contributed by atoms with Crippen molar-refractivity contribution in [2.24, 2.45) is 9.98 Å². The van der Waals surface area contributed by atoms with Crippen molar-refractivity contribution in [1.82, 2.24) is 4.98 Å². The molecule has 0 aliphatic heterocycles. The summed E-state index contributed by atoms with van der Waals surface area (Å²) < 4.78 is 0. The van der Waals surface area contributed by atoms with Crippen molar-refractivity contribution in [3.8, 4) is 0 Å². The van der Waals surface area contributed by atoms with Gasteiger partial charge >= 0.3 is 0 Å². The summed E-state index contributed by atoms with van der Waals surface area (Å²) in [6, 6.07) is 13.8. The average molecular weight is 494 g/mol. The summed E-state index contributed by atoms with van der Waals surface area (Å²) in [6.07, 6.45) is 0. The smallest absolute Gasteiger partial charge is 0.0849 e. The number of benzene rings is 2. The molecule has 1 aromatic heterocycles. The minimum atomic E-state index is 0. The molecule has 0 saturated heterocycles. The molecule has 0 amide bonds. The van der Waals surface area contributed by atoms with Gasteiger partial charge in [0.2, 0.25) is 0 Å². The fourth-order valence-corrected chi connectivity index (χ4v) is 4.11. The minimum Gasteiger partial charge on any atom is -0.250 e. The van der Waals surface area contributed by atoms with E-state index in [-0.39, 0.29) is 17.1 Å². The van der Waals surface area contributed by atoms with Crippen LogP contribution < -0.4 is 0 Å². The van der Waals surface area contributed by atoms with Gasteiger partial charge < -0.3 is 0 Å². The van der Waals surface area contributed by atoms with E-state index in [9.17, 15) is 0 Å². The number of halogens is 2. The van der Waals surface area contributed by atoms with E-state index >= 15 is 0 Å². The average Bonchev–Trinajstić information content (AvgIpc) is 2.67. The number of aromatic nitrogens is 1. The predicted octanol–water partition coefficient (Wildman–Crippen LogP) is 7.90. The molecule has 162 valence electrons. The number of aryl methyl sites for hydroxylation is 4. The summed E-state index contributed by atoms with van der Waals surface area (Å²) in [6.45, 7) is 12.0. The third-order valence-corrected chi connectivity index (χ3v) is 5.42. The molecule has 3 rings (SSSR count). The van der Waals surface area contributed by atoms with Crippen molar-refractivity contribution < 1.29 is 17.1 Å². The summed E-state index contributed by atoms with van der Waals surface area (Å²) in [7, 11) is 0. The Kier molecular flexibility index (Phi) is 8.62. The summed E-state index contributed by atoms with van der Waals surface area (Å²) in [5.41, 5.74) is 9.02. The molecular formula is C25H25Cl2FeN3. The van der Waals surface area contributed by atoms with E-state index < -0.39 is 0 Å². The standard InChI is InChI=1S/C25H25Cl2N3.Fe/c1-14-10-16(3)24(20(26)12-14)28-18(5)22-8-7-9-23(30-22)19(6)29-25-17(4)11-15(2)13-21(25)27;/h7-13H,1-6H3;. The van der Waals surface area contributed by atoms with Gasteiger partial charge in [0.25, 0.3) is 0 Å². The molecule has 0 radical (unpaired) electrons. The Labute approximate surface area is 205 Å². The van der Waals surface area contributed by atoms with Gasteiger partial charge in [-0.1, -0.05) is 41.4 Å². The Morgan fingerprint density at radius 3 is 1.45 bits per heavy atom. The molecule has 0 fully saturated rings. The first kappa shape index (κ1) is 25.3. The van der Waals surface area contributed by atoms with Crippen molar-refractivity contribution in [3.63, 3.8) is 0 Å². The van der Waals surface area contributed by atoms with E-state index in [1.165, 1.54) is 0 Å². The molecule has 2 aromatic carbocycles. The molecule has 1 heterocycles. The summed E-state index contributed by atoms with van der Waals surface area (Å²) in [4.78, 5) is 14.3. The first-order valence-corrected chi connectivity index (χ1v) is 10.5. The van der Waals surface area contributed by atoms with E-state index in [0.717, 1.165) is 56.4 Å². The molecule has 3 nitrogen and oxygen atoms in total. The molecule has 0 saturated carbocycles. The van der Waals surface area contributed by atoms with Gasteiger partial charge in [0.15, 0.2) is 0 Å². The van der Waals surface area contributed by atoms with Crippen LogP contribution in [0.25, 0.3) is 0 Å². The predicted molar refractivity (Wildman–Crippen MR) is 130 cm³/mol. The van der Waals surface area contributed by atoms with Gasteiger partial charge in [-0.2, -0.15) is 0 Å². The molecule has 0 aliphatic rings. The van der Waals surface area contributed by atoms with E-state index in [4.69, 9.17) is 38.2 Å². The van der Waals surface area contributed by atoms with Gasteiger partial charge in [-0.25, -0.2) is 15.0 Å². The largest absolute Gasteiger partial charge is 0.250 e. The molecule has 31 heavy (non-hydrogen) atoms. The Balaban J connectivity index is 0.00000341. The van der Waals surface area contributed by atoms with Crippen LogP contribution in [0.4, 0.5) is 11.4 Å². The van der Waals surface area contributed by atoms with E-state index in [1.54, 1.807) is 0 Å². The number of aliphatic imine (C=N–C) groups is 2. The molecule has 0 atom stereocenters. The van der Waals surface area contributed by atoms with Crippen LogP contribution >= 0.6 is 23.2 Å². The van der Waals surface area contributed by atoms with Crippen LogP contribution in [0.2, 0.25) is 10.0 Å². The zero-order chi connectivity index (χ0) is 22.0. The molecular weight excluding hydrogens is 469 g/mol. The van der Waals surface area contributed by atoms with Crippen molar-refractivity contribution in [2.45, 2.75) is 41.5 Å². The number of nitrogens with zero attached hydrogens (tertiary/aromatic N) is 3. The van der Waals surface area contributed by atoms with Crippen LogP contribution in [0.5, 0.6) is 0 Å². The molecule has 0 spiro atoms. The van der Waals surface area contributed by atoms with Crippen molar-refractivity contribution in [2.75, 3.05) is 0 Å². The molecule has 6 heteroatoms. The van der Waals surface area contributed by atoms with E-state index in [1.807, 2.05) is 71.9 Å². The maximum atomic E-state index is 6.42. The number of rotatable bonds is 4.